The first-order valence-corrected chi connectivity index (χ1v) is 10.8. The van der Waals surface area contributed by atoms with Crippen LogP contribution in [0.5, 0.6) is 0 Å². The lowest BCUT2D eigenvalue weighted by molar-refractivity contribution is -0.175. The number of halogens is 3. The highest BCUT2D eigenvalue weighted by Gasteiger charge is 2.41. The lowest BCUT2D eigenvalue weighted by atomic mass is 10.0. The lowest BCUT2D eigenvalue weighted by Crippen LogP contribution is -2.53. The molecule has 0 aliphatic carbocycles. The fourth-order valence-corrected chi connectivity index (χ4v) is 3.75. The van der Waals surface area contributed by atoms with Gasteiger partial charge in [0.15, 0.2) is 0 Å². The molecule has 2 aromatic rings. The summed E-state index contributed by atoms with van der Waals surface area (Å²) >= 11 is 0. The summed E-state index contributed by atoms with van der Waals surface area (Å²) in [5, 5.41) is 1.87. The predicted octanol–water partition coefficient (Wildman–Crippen LogP) is 2.39. The highest BCUT2D eigenvalue weighted by molar-refractivity contribution is 5.90. The van der Waals surface area contributed by atoms with Crippen LogP contribution in [0.25, 0.3) is 0 Å². The van der Waals surface area contributed by atoms with E-state index in [-0.39, 0.29) is 18.7 Å². The Balaban J connectivity index is 1.65. The van der Waals surface area contributed by atoms with Crippen molar-refractivity contribution in [2.75, 3.05) is 33.3 Å². The summed E-state index contributed by atoms with van der Waals surface area (Å²) in [4.78, 5) is 39.8. The maximum atomic E-state index is 13.1. The smallest absolute Gasteiger partial charge is 0.463 e. The van der Waals surface area contributed by atoms with Crippen LogP contribution in [0.1, 0.15) is 28.3 Å². The topological polar surface area (TPSA) is 92.1 Å². The van der Waals surface area contributed by atoms with E-state index in [0.717, 1.165) is 0 Å². The van der Waals surface area contributed by atoms with Gasteiger partial charge in [-0.1, -0.05) is 30.3 Å². The van der Waals surface area contributed by atoms with E-state index in [9.17, 15) is 27.6 Å². The molecule has 1 aliphatic rings. The second kappa shape index (κ2) is 11.2. The Hall–Kier alpha value is -3.34. The van der Waals surface area contributed by atoms with Crippen molar-refractivity contribution in [2.45, 2.75) is 31.6 Å². The summed E-state index contributed by atoms with van der Waals surface area (Å²) in [5.41, 5.74) is 0.638. The zero-order valence-corrected chi connectivity index (χ0v) is 18.6. The second-order valence-corrected chi connectivity index (χ2v) is 7.93. The standard InChI is InChI=1S/C23H26F3N3O5/c1-33-21(31)19-9-8-17(34-19)15-28-10-5-11-29(13-12-28)20(30)18(27-22(32)23(24,25)26)14-16-6-3-2-4-7-16/h2-4,6-9,18H,5,10-15H2,1H3,(H,27,32). The molecule has 0 saturated carbocycles. The van der Waals surface area contributed by atoms with E-state index in [2.05, 4.69) is 4.74 Å². The van der Waals surface area contributed by atoms with Crippen molar-refractivity contribution in [2.24, 2.45) is 0 Å². The minimum Gasteiger partial charge on any atom is -0.463 e. The van der Waals surface area contributed by atoms with Crippen molar-refractivity contribution in [3.05, 3.63) is 59.5 Å². The molecule has 2 heterocycles. The van der Waals surface area contributed by atoms with Crippen molar-refractivity contribution in [1.29, 1.82) is 0 Å². The molecule has 3 rings (SSSR count). The van der Waals surface area contributed by atoms with Gasteiger partial charge in [0.25, 0.3) is 0 Å². The number of carbonyl (C=O) groups excluding carboxylic acids is 3. The van der Waals surface area contributed by atoms with Crippen molar-refractivity contribution in [1.82, 2.24) is 15.1 Å². The van der Waals surface area contributed by atoms with E-state index < -0.39 is 30.0 Å². The first-order valence-electron chi connectivity index (χ1n) is 10.8. The minimum atomic E-state index is -5.09. The largest absolute Gasteiger partial charge is 0.471 e. The van der Waals surface area contributed by atoms with Gasteiger partial charge in [-0.15, -0.1) is 0 Å². The number of hydrogen-bond donors (Lipinski definition) is 1. The number of amides is 2. The molecule has 1 unspecified atom stereocenters. The fourth-order valence-electron chi connectivity index (χ4n) is 3.75. The van der Waals surface area contributed by atoms with E-state index in [0.29, 0.717) is 43.9 Å². The number of nitrogens with one attached hydrogen (secondary N) is 1. The molecular weight excluding hydrogens is 455 g/mol. The molecule has 1 N–H and O–H groups in total. The van der Waals surface area contributed by atoms with Gasteiger partial charge < -0.3 is 19.4 Å². The Bertz CT molecular complexity index is 993. The number of carbonyl (C=O) groups is 3. The van der Waals surface area contributed by atoms with E-state index >= 15 is 0 Å². The van der Waals surface area contributed by atoms with E-state index in [1.807, 2.05) is 10.2 Å². The molecule has 1 aromatic heterocycles. The number of ether oxygens (including phenoxy) is 1. The van der Waals surface area contributed by atoms with Crippen LogP contribution in [0.4, 0.5) is 13.2 Å². The molecule has 1 saturated heterocycles. The molecule has 1 aliphatic heterocycles. The summed E-state index contributed by atoms with van der Waals surface area (Å²) in [6.07, 6.45) is -4.55. The number of methoxy groups -OCH3 is 1. The zero-order chi connectivity index (χ0) is 24.7. The third kappa shape index (κ3) is 6.83. The maximum absolute atomic E-state index is 13.1. The van der Waals surface area contributed by atoms with Crippen molar-refractivity contribution >= 4 is 17.8 Å². The monoisotopic (exact) mass is 481 g/mol. The van der Waals surface area contributed by atoms with Crippen LogP contribution in [-0.4, -0.2) is 73.1 Å². The molecule has 0 bridgehead atoms. The molecule has 184 valence electrons. The summed E-state index contributed by atoms with van der Waals surface area (Å²) in [6, 6.07) is 10.4. The number of nitrogens with zero attached hydrogens (tertiary/aromatic N) is 2. The SMILES string of the molecule is COC(=O)c1ccc(CN2CCCN(C(=O)C(Cc3ccccc3)NC(=O)C(F)(F)F)CC2)o1. The third-order valence-electron chi connectivity index (χ3n) is 5.47. The van der Waals surface area contributed by atoms with Gasteiger partial charge in [0.05, 0.1) is 13.7 Å². The highest BCUT2D eigenvalue weighted by atomic mass is 19.4. The molecule has 1 aromatic carbocycles. The van der Waals surface area contributed by atoms with Gasteiger partial charge in [0, 0.05) is 32.6 Å². The Morgan fingerprint density at radius 2 is 1.79 bits per heavy atom. The van der Waals surface area contributed by atoms with Crippen LogP contribution >= 0.6 is 0 Å². The number of hydrogen-bond acceptors (Lipinski definition) is 6. The fraction of sp³-hybridized carbons (Fsp3) is 0.435. The molecule has 1 atom stereocenters. The Morgan fingerprint density at radius 3 is 2.47 bits per heavy atom. The van der Waals surface area contributed by atoms with Crippen molar-refractivity contribution in [3.63, 3.8) is 0 Å². The van der Waals surface area contributed by atoms with Gasteiger partial charge in [-0.25, -0.2) is 4.79 Å². The highest BCUT2D eigenvalue weighted by Crippen LogP contribution is 2.17. The van der Waals surface area contributed by atoms with Gasteiger partial charge >= 0.3 is 18.1 Å². The summed E-state index contributed by atoms with van der Waals surface area (Å²) in [6.45, 7) is 2.09. The number of alkyl halides is 3. The maximum Gasteiger partial charge on any atom is 0.471 e. The van der Waals surface area contributed by atoms with Crippen molar-refractivity contribution in [3.8, 4) is 0 Å². The molecular formula is C23H26F3N3O5. The minimum absolute atomic E-state index is 0.0512. The van der Waals surface area contributed by atoms with Gasteiger partial charge in [-0.2, -0.15) is 13.2 Å². The second-order valence-electron chi connectivity index (χ2n) is 7.93. The average molecular weight is 481 g/mol. The van der Waals surface area contributed by atoms with Crippen LogP contribution < -0.4 is 5.32 Å². The Morgan fingerprint density at radius 1 is 1.06 bits per heavy atom. The average Bonchev–Trinajstić information content (AvgIpc) is 3.15. The Labute approximate surface area is 194 Å². The van der Waals surface area contributed by atoms with Gasteiger partial charge in [0.1, 0.15) is 11.8 Å². The number of esters is 1. The summed E-state index contributed by atoms with van der Waals surface area (Å²) in [7, 11) is 1.26. The predicted molar refractivity (Wildman–Crippen MR) is 115 cm³/mol. The van der Waals surface area contributed by atoms with Crippen LogP contribution in [0, 0.1) is 0 Å². The van der Waals surface area contributed by atoms with Crippen molar-refractivity contribution < 1.29 is 36.7 Å². The summed E-state index contributed by atoms with van der Waals surface area (Å²) in [5.74, 6) is -2.64. The first kappa shape index (κ1) is 25.3. The third-order valence-corrected chi connectivity index (χ3v) is 5.47. The van der Waals surface area contributed by atoms with Crippen LogP contribution in [0.15, 0.2) is 46.9 Å². The summed E-state index contributed by atoms with van der Waals surface area (Å²) < 4.78 is 48.7. The molecule has 2 amide bonds. The van der Waals surface area contributed by atoms with E-state index in [1.54, 1.807) is 36.4 Å². The van der Waals surface area contributed by atoms with E-state index in [1.165, 1.54) is 18.1 Å². The number of furan rings is 1. The molecule has 11 heteroatoms. The van der Waals surface area contributed by atoms with Gasteiger partial charge in [0.2, 0.25) is 11.7 Å². The lowest BCUT2D eigenvalue weighted by Gasteiger charge is -2.27. The van der Waals surface area contributed by atoms with Crippen LogP contribution in [-0.2, 0) is 27.3 Å². The van der Waals surface area contributed by atoms with Gasteiger partial charge in [-0.3, -0.25) is 14.5 Å². The zero-order valence-electron chi connectivity index (χ0n) is 18.6. The van der Waals surface area contributed by atoms with Crippen LogP contribution in [0.3, 0.4) is 0 Å². The molecule has 34 heavy (non-hydrogen) atoms. The molecule has 0 spiro atoms. The number of benzene rings is 1. The molecule has 1 fully saturated rings. The molecule has 0 radical (unpaired) electrons. The number of rotatable bonds is 7. The quantitative estimate of drug-likeness (QED) is 0.611. The first-order chi connectivity index (χ1) is 16.2. The molecule has 8 nitrogen and oxygen atoms in total. The van der Waals surface area contributed by atoms with E-state index in [4.69, 9.17) is 4.42 Å². The van der Waals surface area contributed by atoms with Gasteiger partial charge in [-0.05, 0) is 24.1 Å². The normalized spacial score (nSPS) is 15.9. The van der Waals surface area contributed by atoms with Crippen LogP contribution in [0.2, 0.25) is 0 Å². The Kier molecular flexibility index (Phi) is 8.32.